The number of fused-ring (bicyclic) bond motifs is 1. The molecule has 1 aromatic carbocycles. The summed E-state index contributed by atoms with van der Waals surface area (Å²) in [6.45, 7) is 2.74. The highest BCUT2D eigenvalue weighted by Gasteiger charge is 2.06. The summed E-state index contributed by atoms with van der Waals surface area (Å²) in [5.41, 5.74) is 8.15. The van der Waals surface area contributed by atoms with Crippen molar-refractivity contribution in [2.24, 2.45) is 0 Å². The zero-order valence-electron chi connectivity index (χ0n) is 10.2. The Bertz CT molecular complexity index is 552. The van der Waals surface area contributed by atoms with Gasteiger partial charge in [0.25, 0.3) is 0 Å². The fourth-order valence-corrected chi connectivity index (χ4v) is 2.24. The number of thioether (sulfide) groups is 1. The van der Waals surface area contributed by atoms with E-state index in [9.17, 15) is 4.79 Å². The molecule has 0 aliphatic heterocycles. The van der Waals surface area contributed by atoms with Crippen molar-refractivity contribution in [3.8, 4) is 0 Å². The van der Waals surface area contributed by atoms with Gasteiger partial charge in [-0.1, -0.05) is 18.7 Å². The van der Waals surface area contributed by atoms with Gasteiger partial charge in [-0.05, 0) is 24.6 Å². The van der Waals surface area contributed by atoms with Gasteiger partial charge in [-0.15, -0.1) is 0 Å². The van der Waals surface area contributed by atoms with Gasteiger partial charge in [0.2, 0.25) is 5.91 Å². The third kappa shape index (κ3) is 3.16. The van der Waals surface area contributed by atoms with Gasteiger partial charge in [0.15, 0.2) is 5.16 Å². The van der Waals surface area contributed by atoms with E-state index in [1.807, 2.05) is 25.1 Å². The average molecular weight is 264 g/mol. The minimum Gasteiger partial charge on any atom is -0.399 e. The number of carbonyl (C=O) groups excluding carboxylic acids is 1. The summed E-state index contributed by atoms with van der Waals surface area (Å²) < 4.78 is 0. The maximum absolute atomic E-state index is 11.5. The van der Waals surface area contributed by atoms with E-state index in [4.69, 9.17) is 5.73 Å². The van der Waals surface area contributed by atoms with Gasteiger partial charge in [-0.2, -0.15) is 0 Å². The first-order valence-corrected chi connectivity index (χ1v) is 6.82. The molecule has 1 heterocycles. The Morgan fingerprint density at radius 2 is 2.39 bits per heavy atom. The lowest BCUT2D eigenvalue weighted by molar-refractivity contribution is -0.118. The van der Waals surface area contributed by atoms with Crippen molar-refractivity contribution in [3.05, 3.63) is 18.2 Å². The SMILES string of the molecule is CCCNC(=O)CSc1nc2ccc(N)cc2[nH]1. The molecule has 0 aliphatic rings. The molecule has 0 saturated carbocycles. The molecular weight excluding hydrogens is 248 g/mol. The minimum absolute atomic E-state index is 0.0295. The summed E-state index contributed by atoms with van der Waals surface area (Å²) in [5.74, 6) is 0.400. The number of hydrogen-bond donors (Lipinski definition) is 3. The highest BCUT2D eigenvalue weighted by molar-refractivity contribution is 7.99. The van der Waals surface area contributed by atoms with Crippen LogP contribution in [0.5, 0.6) is 0 Å². The van der Waals surface area contributed by atoms with E-state index in [0.717, 1.165) is 29.2 Å². The van der Waals surface area contributed by atoms with Gasteiger partial charge >= 0.3 is 0 Å². The highest BCUT2D eigenvalue weighted by atomic mass is 32.2. The van der Waals surface area contributed by atoms with Gasteiger partial charge < -0.3 is 16.0 Å². The summed E-state index contributed by atoms with van der Waals surface area (Å²) >= 11 is 1.39. The number of anilines is 1. The summed E-state index contributed by atoms with van der Waals surface area (Å²) in [6.07, 6.45) is 0.945. The maximum Gasteiger partial charge on any atom is 0.230 e. The molecule has 18 heavy (non-hydrogen) atoms. The predicted molar refractivity (Wildman–Crippen MR) is 74.5 cm³/mol. The standard InChI is InChI=1S/C12H16N4OS/c1-2-5-14-11(17)7-18-12-15-9-4-3-8(13)6-10(9)16-12/h3-4,6H,2,5,7,13H2,1H3,(H,14,17)(H,15,16). The molecule has 6 heteroatoms. The third-order valence-electron chi connectivity index (χ3n) is 2.40. The van der Waals surface area contributed by atoms with Crippen LogP contribution in [0, 0.1) is 0 Å². The van der Waals surface area contributed by atoms with Crippen LogP contribution in [0.2, 0.25) is 0 Å². The van der Waals surface area contributed by atoms with Gasteiger partial charge in [-0.25, -0.2) is 4.98 Å². The summed E-state index contributed by atoms with van der Waals surface area (Å²) in [6, 6.07) is 5.51. The van der Waals surface area contributed by atoms with Crippen LogP contribution in [-0.4, -0.2) is 28.2 Å². The summed E-state index contributed by atoms with van der Waals surface area (Å²) in [4.78, 5) is 19.0. The van der Waals surface area contributed by atoms with Gasteiger partial charge in [0, 0.05) is 12.2 Å². The van der Waals surface area contributed by atoms with Crippen molar-refractivity contribution in [1.29, 1.82) is 0 Å². The molecule has 1 aromatic heterocycles. The first kappa shape index (κ1) is 12.8. The Morgan fingerprint density at radius 1 is 1.56 bits per heavy atom. The average Bonchev–Trinajstić information content (AvgIpc) is 2.75. The van der Waals surface area contributed by atoms with Crippen LogP contribution in [0.3, 0.4) is 0 Å². The number of nitrogens with one attached hydrogen (secondary N) is 2. The molecule has 0 spiro atoms. The van der Waals surface area contributed by atoms with Crippen LogP contribution in [0.4, 0.5) is 5.69 Å². The topological polar surface area (TPSA) is 83.8 Å². The molecular formula is C12H16N4OS. The van der Waals surface area contributed by atoms with Crippen LogP contribution in [0.25, 0.3) is 11.0 Å². The van der Waals surface area contributed by atoms with Crippen molar-refractivity contribution in [2.45, 2.75) is 18.5 Å². The van der Waals surface area contributed by atoms with Crippen molar-refractivity contribution < 1.29 is 4.79 Å². The van der Waals surface area contributed by atoms with Crippen LogP contribution in [0.1, 0.15) is 13.3 Å². The number of rotatable bonds is 5. The molecule has 0 aliphatic carbocycles. The number of nitrogen functional groups attached to an aromatic ring is 1. The normalized spacial score (nSPS) is 10.7. The molecule has 0 atom stereocenters. The fraction of sp³-hybridized carbons (Fsp3) is 0.333. The third-order valence-corrected chi connectivity index (χ3v) is 3.27. The molecule has 0 unspecified atom stereocenters. The smallest absolute Gasteiger partial charge is 0.230 e. The highest BCUT2D eigenvalue weighted by Crippen LogP contribution is 2.20. The Hall–Kier alpha value is -1.69. The Morgan fingerprint density at radius 3 is 3.17 bits per heavy atom. The van der Waals surface area contributed by atoms with Gasteiger partial charge in [-0.3, -0.25) is 4.79 Å². The van der Waals surface area contributed by atoms with Gasteiger partial charge in [0.05, 0.1) is 16.8 Å². The second-order valence-corrected chi connectivity index (χ2v) is 4.92. The van der Waals surface area contributed by atoms with E-state index >= 15 is 0 Å². The molecule has 0 bridgehead atoms. The van der Waals surface area contributed by atoms with Crippen molar-refractivity contribution in [2.75, 3.05) is 18.0 Å². The Labute approximate surface area is 110 Å². The lowest BCUT2D eigenvalue weighted by Crippen LogP contribution is -2.25. The fourth-order valence-electron chi connectivity index (χ4n) is 1.52. The lowest BCUT2D eigenvalue weighted by Gasteiger charge is -2.00. The molecule has 5 nitrogen and oxygen atoms in total. The molecule has 2 aromatic rings. The van der Waals surface area contributed by atoms with E-state index in [2.05, 4.69) is 15.3 Å². The zero-order chi connectivity index (χ0) is 13.0. The number of nitrogens with two attached hydrogens (primary N) is 1. The number of hydrogen-bond acceptors (Lipinski definition) is 4. The molecule has 2 rings (SSSR count). The number of H-pyrrole nitrogens is 1. The monoisotopic (exact) mass is 264 g/mol. The van der Waals surface area contributed by atoms with Crippen molar-refractivity contribution in [3.63, 3.8) is 0 Å². The number of amides is 1. The number of aromatic amines is 1. The summed E-state index contributed by atoms with van der Waals surface area (Å²) in [5, 5.41) is 3.56. The second kappa shape index (κ2) is 5.77. The molecule has 1 amide bonds. The van der Waals surface area contributed by atoms with Crippen molar-refractivity contribution in [1.82, 2.24) is 15.3 Å². The van der Waals surface area contributed by atoms with Crippen molar-refractivity contribution >= 4 is 34.4 Å². The number of imidazole rings is 1. The first-order chi connectivity index (χ1) is 8.69. The number of benzene rings is 1. The lowest BCUT2D eigenvalue weighted by atomic mass is 10.3. The van der Waals surface area contributed by atoms with E-state index < -0.39 is 0 Å². The molecule has 0 fully saturated rings. The quantitative estimate of drug-likeness (QED) is 0.567. The van der Waals surface area contributed by atoms with E-state index in [0.29, 0.717) is 11.4 Å². The predicted octanol–water partition coefficient (Wildman–Crippen LogP) is 1.76. The van der Waals surface area contributed by atoms with E-state index in [1.165, 1.54) is 11.8 Å². The second-order valence-electron chi connectivity index (χ2n) is 3.96. The van der Waals surface area contributed by atoms with E-state index in [-0.39, 0.29) is 5.91 Å². The molecule has 4 N–H and O–H groups in total. The number of nitrogens with zero attached hydrogens (tertiary/aromatic N) is 1. The van der Waals surface area contributed by atoms with E-state index in [1.54, 1.807) is 0 Å². The largest absolute Gasteiger partial charge is 0.399 e. The molecule has 0 radical (unpaired) electrons. The minimum atomic E-state index is 0.0295. The maximum atomic E-state index is 11.5. The number of aromatic nitrogens is 2. The zero-order valence-corrected chi connectivity index (χ0v) is 11.0. The van der Waals surface area contributed by atoms with Crippen LogP contribution in [-0.2, 0) is 4.79 Å². The molecule has 96 valence electrons. The Balaban J connectivity index is 1.97. The Kier molecular flexibility index (Phi) is 4.09. The van der Waals surface area contributed by atoms with Gasteiger partial charge in [0.1, 0.15) is 0 Å². The van der Waals surface area contributed by atoms with Crippen LogP contribution < -0.4 is 11.1 Å². The first-order valence-electron chi connectivity index (χ1n) is 5.84. The summed E-state index contributed by atoms with van der Waals surface area (Å²) in [7, 11) is 0. The van der Waals surface area contributed by atoms with Crippen LogP contribution in [0.15, 0.2) is 23.4 Å². The molecule has 0 saturated heterocycles. The van der Waals surface area contributed by atoms with Crippen LogP contribution >= 0.6 is 11.8 Å². The number of carbonyl (C=O) groups is 1.